The van der Waals surface area contributed by atoms with Crippen molar-refractivity contribution in [2.24, 2.45) is 5.73 Å². The molecule has 0 fully saturated rings. The summed E-state index contributed by atoms with van der Waals surface area (Å²) in [5.74, 6) is -4.06. The molecule has 25 heavy (non-hydrogen) atoms. The van der Waals surface area contributed by atoms with Gasteiger partial charge in [0.25, 0.3) is 11.8 Å². The van der Waals surface area contributed by atoms with E-state index in [4.69, 9.17) is 5.73 Å². The zero-order valence-electron chi connectivity index (χ0n) is 13.2. The highest BCUT2D eigenvalue weighted by molar-refractivity contribution is 7.13. The minimum Gasteiger partial charge on any atom is -0.345 e. The molecule has 0 aliphatic carbocycles. The van der Waals surface area contributed by atoms with Crippen LogP contribution >= 0.6 is 36.2 Å². The second-order valence-corrected chi connectivity index (χ2v) is 6.15. The quantitative estimate of drug-likeness (QED) is 0.759. The lowest BCUT2D eigenvalue weighted by Gasteiger charge is -2.13. The Kier molecular flexibility index (Phi) is 9.42. The highest BCUT2D eigenvalue weighted by Crippen LogP contribution is 2.21. The molecule has 0 bridgehead atoms. The smallest absolute Gasteiger partial charge is 0.277 e. The number of aromatic nitrogens is 1. The molecule has 2 aromatic rings. The minimum atomic E-state index is -3.13. The predicted octanol–water partition coefficient (Wildman–Crippen LogP) is 3.35. The number of hydrogen-bond acceptors (Lipinski definition) is 4. The van der Waals surface area contributed by atoms with Gasteiger partial charge in [0, 0.05) is 6.42 Å². The van der Waals surface area contributed by atoms with Crippen LogP contribution in [0.25, 0.3) is 0 Å². The van der Waals surface area contributed by atoms with E-state index in [0.717, 1.165) is 16.9 Å². The summed E-state index contributed by atoms with van der Waals surface area (Å²) in [6.07, 6.45) is 0.442. The maximum atomic E-state index is 13.1. The van der Waals surface area contributed by atoms with E-state index in [1.807, 2.05) is 0 Å². The molecule has 3 N–H and O–H groups in total. The number of rotatable bonds is 6. The van der Waals surface area contributed by atoms with Crippen molar-refractivity contribution in [3.8, 4) is 0 Å². The van der Waals surface area contributed by atoms with Gasteiger partial charge in [-0.1, -0.05) is 12.1 Å². The van der Waals surface area contributed by atoms with Gasteiger partial charge in [0.2, 0.25) is 0 Å². The van der Waals surface area contributed by atoms with Crippen molar-refractivity contribution in [3.05, 3.63) is 51.2 Å². The van der Waals surface area contributed by atoms with Crippen LogP contribution in [0.4, 0.5) is 13.2 Å². The van der Waals surface area contributed by atoms with Crippen LogP contribution in [0.1, 0.15) is 25.9 Å². The molecule has 1 amide bonds. The molecule has 0 aliphatic rings. The molecule has 0 saturated carbocycles. The molecular formula is C15H18Cl2F3N3OS. The Labute approximate surface area is 159 Å². The van der Waals surface area contributed by atoms with E-state index in [-0.39, 0.29) is 35.5 Å². The van der Waals surface area contributed by atoms with Crippen LogP contribution in [-0.4, -0.2) is 29.9 Å². The van der Waals surface area contributed by atoms with Crippen LogP contribution < -0.4 is 11.1 Å². The van der Waals surface area contributed by atoms with Gasteiger partial charge in [-0.25, -0.2) is 18.2 Å². The van der Waals surface area contributed by atoms with E-state index in [0.29, 0.717) is 17.1 Å². The molecule has 0 saturated heterocycles. The number of aryl methyl sites for hydroxylation is 1. The summed E-state index contributed by atoms with van der Waals surface area (Å²) in [5.41, 5.74) is 6.25. The van der Waals surface area contributed by atoms with Crippen LogP contribution in [0.3, 0.4) is 0 Å². The summed E-state index contributed by atoms with van der Waals surface area (Å²) in [4.78, 5) is 16.5. The second kappa shape index (κ2) is 9.96. The van der Waals surface area contributed by atoms with Gasteiger partial charge in [0.1, 0.15) is 10.7 Å². The zero-order valence-corrected chi connectivity index (χ0v) is 15.7. The lowest BCUT2D eigenvalue weighted by Crippen LogP contribution is -2.41. The van der Waals surface area contributed by atoms with E-state index >= 15 is 0 Å². The Bertz CT molecular complexity index is 696. The maximum absolute atomic E-state index is 13.1. The highest BCUT2D eigenvalue weighted by atomic mass is 35.5. The summed E-state index contributed by atoms with van der Waals surface area (Å²) in [5, 5.41) is 2.82. The molecule has 140 valence electrons. The van der Waals surface area contributed by atoms with Crippen LogP contribution in [-0.2, 0) is 6.42 Å². The molecule has 0 radical (unpaired) electrons. The number of nitrogens with two attached hydrogens (primary N) is 1. The van der Waals surface area contributed by atoms with Gasteiger partial charge < -0.3 is 11.1 Å². The average Bonchev–Trinajstić information content (AvgIpc) is 2.88. The number of hydrogen-bond donors (Lipinski definition) is 2. The molecule has 1 aromatic carbocycles. The zero-order chi connectivity index (χ0) is 17.0. The van der Waals surface area contributed by atoms with Crippen molar-refractivity contribution in [3.63, 3.8) is 0 Å². The molecule has 0 unspecified atom stereocenters. The van der Waals surface area contributed by atoms with Gasteiger partial charge in [-0.2, -0.15) is 0 Å². The lowest BCUT2D eigenvalue weighted by atomic mass is 10.1. The fourth-order valence-electron chi connectivity index (χ4n) is 1.88. The summed E-state index contributed by atoms with van der Waals surface area (Å²) in [7, 11) is 0. The number of nitrogens with one attached hydrogen (secondary N) is 1. The van der Waals surface area contributed by atoms with E-state index in [2.05, 4.69) is 10.3 Å². The van der Waals surface area contributed by atoms with E-state index < -0.39 is 24.9 Å². The number of halogens is 5. The van der Waals surface area contributed by atoms with Crippen molar-refractivity contribution in [2.45, 2.75) is 19.3 Å². The van der Waals surface area contributed by atoms with Crippen LogP contribution in [0.5, 0.6) is 0 Å². The number of benzene rings is 1. The standard InChI is InChI=1S/C15H16F3N3OS.2ClH/c1-9-13(14(22)20-8-15(17,18)7-19)23-12(21-9)6-10-2-4-11(16)5-3-10;;/h2-5H,6-8,19H2,1H3,(H,20,22);2*1H. The van der Waals surface area contributed by atoms with E-state index in [9.17, 15) is 18.0 Å². The first-order valence-electron chi connectivity index (χ1n) is 6.87. The third-order valence-corrected chi connectivity index (χ3v) is 4.28. The lowest BCUT2D eigenvalue weighted by molar-refractivity contribution is 0.0119. The molecule has 10 heteroatoms. The number of nitrogens with zero attached hydrogens (tertiary/aromatic N) is 1. The van der Waals surface area contributed by atoms with Gasteiger partial charge >= 0.3 is 0 Å². The van der Waals surface area contributed by atoms with E-state index in [1.54, 1.807) is 19.1 Å². The number of carbonyl (C=O) groups is 1. The van der Waals surface area contributed by atoms with Crippen LogP contribution in [0.15, 0.2) is 24.3 Å². The van der Waals surface area contributed by atoms with Crippen LogP contribution in [0, 0.1) is 12.7 Å². The van der Waals surface area contributed by atoms with Crippen molar-refractivity contribution in [1.29, 1.82) is 0 Å². The van der Waals surface area contributed by atoms with Crippen molar-refractivity contribution >= 4 is 42.1 Å². The monoisotopic (exact) mass is 415 g/mol. The van der Waals surface area contributed by atoms with Crippen LogP contribution in [0.2, 0.25) is 0 Å². The number of amides is 1. The Morgan fingerprint density at radius 1 is 1.28 bits per heavy atom. The Balaban J connectivity index is 0.00000288. The summed E-state index contributed by atoms with van der Waals surface area (Å²) >= 11 is 1.13. The fourth-order valence-corrected chi connectivity index (χ4v) is 2.89. The SMILES string of the molecule is Cc1nc(Cc2ccc(F)cc2)sc1C(=O)NCC(F)(F)CN.Cl.Cl. The average molecular weight is 416 g/mol. The Morgan fingerprint density at radius 3 is 2.44 bits per heavy atom. The van der Waals surface area contributed by atoms with Gasteiger partial charge in [0.15, 0.2) is 0 Å². The minimum absolute atomic E-state index is 0. The number of carbonyl (C=O) groups excluding carboxylic acids is 1. The van der Waals surface area contributed by atoms with Crippen molar-refractivity contribution < 1.29 is 18.0 Å². The first kappa shape index (κ1) is 23.6. The van der Waals surface area contributed by atoms with Gasteiger partial charge in [-0.3, -0.25) is 4.79 Å². The normalized spacial score (nSPS) is 10.6. The first-order valence-corrected chi connectivity index (χ1v) is 7.69. The molecule has 1 aromatic heterocycles. The Morgan fingerprint density at radius 2 is 1.88 bits per heavy atom. The van der Waals surface area contributed by atoms with Gasteiger partial charge in [-0.05, 0) is 24.6 Å². The van der Waals surface area contributed by atoms with Crippen molar-refractivity contribution in [1.82, 2.24) is 10.3 Å². The summed E-state index contributed by atoms with van der Waals surface area (Å²) in [6.45, 7) is -0.00160. The number of thiazole rings is 1. The largest absolute Gasteiger partial charge is 0.345 e. The molecule has 4 nitrogen and oxygen atoms in total. The Hall–Kier alpha value is -1.35. The first-order chi connectivity index (χ1) is 10.8. The topological polar surface area (TPSA) is 68.0 Å². The maximum Gasteiger partial charge on any atom is 0.277 e. The molecule has 2 rings (SSSR count). The molecule has 1 heterocycles. The third kappa shape index (κ3) is 6.81. The molecule has 0 aliphatic heterocycles. The predicted molar refractivity (Wildman–Crippen MR) is 96.9 cm³/mol. The third-order valence-electron chi connectivity index (χ3n) is 3.12. The molecular weight excluding hydrogens is 398 g/mol. The molecule has 0 atom stereocenters. The fraction of sp³-hybridized carbons (Fsp3) is 0.333. The summed E-state index contributed by atoms with van der Waals surface area (Å²) < 4.78 is 39.0. The van der Waals surface area contributed by atoms with Gasteiger partial charge in [-0.15, -0.1) is 36.2 Å². The highest BCUT2D eigenvalue weighted by Gasteiger charge is 2.28. The van der Waals surface area contributed by atoms with E-state index in [1.165, 1.54) is 12.1 Å². The number of alkyl halides is 2. The van der Waals surface area contributed by atoms with Crippen molar-refractivity contribution in [2.75, 3.05) is 13.1 Å². The summed E-state index contributed by atoms with van der Waals surface area (Å²) in [6, 6.07) is 5.96. The second-order valence-electron chi connectivity index (χ2n) is 5.07. The molecule has 0 spiro atoms. The van der Waals surface area contributed by atoms with Gasteiger partial charge in [0.05, 0.1) is 23.8 Å².